The summed E-state index contributed by atoms with van der Waals surface area (Å²) in [5.74, 6) is 1.37. The minimum atomic E-state index is -0.402. The van der Waals surface area contributed by atoms with Crippen molar-refractivity contribution in [1.82, 2.24) is 5.32 Å². The van der Waals surface area contributed by atoms with Gasteiger partial charge in [0.25, 0.3) is 0 Å². The van der Waals surface area contributed by atoms with Crippen molar-refractivity contribution in [2.24, 2.45) is 5.73 Å². The highest BCUT2D eigenvalue weighted by Gasteiger charge is 2.06. The molecule has 0 aliphatic heterocycles. The molecule has 94 valence electrons. The average Bonchev–Trinajstić information content (AvgIpc) is 2.75. The summed E-state index contributed by atoms with van der Waals surface area (Å²) in [6.45, 7) is 3.12. The number of benzene rings is 1. The van der Waals surface area contributed by atoms with Crippen molar-refractivity contribution >= 4 is 5.91 Å². The summed E-state index contributed by atoms with van der Waals surface area (Å²) in [6, 6.07) is 11.2. The van der Waals surface area contributed by atoms with E-state index < -0.39 is 5.91 Å². The standard InChI is InChI=1S/C14H16N2O2/c1-10-6-7-12(18-10)9-16-8-11-4-2-3-5-13(11)14(15)17/h2-7,16H,8-9H2,1H3,(H2,15,17). The van der Waals surface area contributed by atoms with Gasteiger partial charge in [-0.1, -0.05) is 18.2 Å². The third-order valence-electron chi connectivity index (χ3n) is 2.69. The van der Waals surface area contributed by atoms with Gasteiger partial charge in [-0.3, -0.25) is 4.79 Å². The van der Waals surface area contributed by atoms with Crippen molar-refractivity contribution in [2.45, 2.75) is 20.0 Å². The first-order chi connectivity index (χ1) is 8.66. The Morgan fingerprint density at radius 2 is 2.00 bits per heavy atom. The molecule has 0 saturated carbocycles. The molecule has 1 amide bonds. The summed E-state index contributed by atoms with van der Waals surface area (Å²) in [4.78, 5) is 11.2. The molecule has 1 aromatic heterocycles. The lowest BCUT2D eigenvalue weighted by atomic mass is 10.1. The summed E-state index contributed by atoms with van der Waals surface area (Å²) in [5.41, 5.74) is 6.77. The van der Waals surface area contributed by atoms with Crippen LogP contribution in [0.4, 0.5) is 0 Å². The molecule has 0 fully saturated rings. The van der Waals surface area contributed by atoms with Crippen LogP contribution >= 0.6 is 0 Å². The molecule has 0 saturated heterocycles. The molecule has 2 aromatic rings. The fourth-order valence-corrected chi connectivity index (χ4v) is 1.82. The minimum Gasteiger partial charge on any atom is -0.465 e. The van der Waals surface area contributed by atoms with Crippen LogP contribution in [0.25, 0.3) is 0 Å². The lowest BCUT2D eigenvalue weighted by Gasteiger charge is -2.07. The number of carbonyl (C=O) groups excluding carboxylic acids is 1. The molecule has 3 N–H and O–H groups in total. The van der Waals surface area contributed by atoms with E-state index in [1.54, 1.807) is 12.1 Å². The fraction of sp³-hybridized carbons (Fsp3) is 0.214. The Morgan fingerprint density at radius 3 is 2.67 bits per heavy atom. The van der Waals surface area contributed by atoms with Gasteiger partial charge in [0.15, 0.2) is 0 Å². The number of furan rings is 1. The Morgan fingerprint density at radius 1 is 1.22 bits per heavy atom. The van der Waals surface area contributed by atoms with E-state index in [4.69, 9.17) is 10.2 Å². The van der Waals surface area contributed by atoms with E-state index in [1.165, 1.54) is 0 Å². The molecule has 18 heavy (non-hydrogen) atoms. The largest absolute Gasteiger partial charge is 0.465 e. The molecular weight excluding hydrogens is 228 g/mol. The molecule has 0 aliphatic rings. The smallest absolute Gasteiger partial charge is 0.249 e. The minimum absolute atomic E-state index is 0.402. The normalized spacial score (nSPS) is 10.5. The maximum absolute atomic E-state index is 11.2. The fourth-order valence-electron chi connectivity index (χ4n) is 1.82. The summed E-state index contributed by atoms with van der Waals surface area (Å²) in [5, 5.41) is 3.23. The Balaban J connectivity index is 1.96. The molecule has 0 radical (unpaired) electrons. The van der Waals surface area contributed by atoms with E-state index in [0.29, 0.717) is 18.7 Å². The highest BCUT2D eigenvalue weighted by atomic mass is 16.3. The van der Waals surface area contributed by atoms with E-state index in [-0.39, 0.29) is 0 Å². The number of rotatable bonds is 5. The van der Waals surface area contributed by atoms with Crippen LogP contribution in [0.3, 0.4) is 0 Å². The van der Waals surface area contributed by atoms with Crippen LogP contribution in [0.15, 0.2) is 40.8 Å². The number of carbonyl (C=O) groups is 1. The first-order valence-corrected chi connectivity index (χ1v) is 5.80. The van der Waals surface area contributed by atoms with Gasteiger partial charge in [-0.25, -0.2) is 0 Å². The van der Waals surface area contributed by atoms with Crippen molar-refractivity contribution < 1.29 is 9.21 Å². The van der Waals surface area contributed by atoms with E-state index in [0.717, 1.165) is 17.1 Å². The second-order valence-corrected chi connectivity index (χ2v) is 4.14. The lowest BCUT2D eigenvalue weighted by molar-refractivity contribution is 0.0999. The van der Waals surface area contributed by atoms with Crippen molar-refractivity contribution in [3.8, 4) is 0 Å². The first kappa shape index (κ1) is 12.4. The summed E-state index contributed by atoms with van der Waals surface area (Å²) >= 11 is 0. The van der Waals surface area contributed by atoms with Gasteiger partial charge in [0, 0.05) is 12.1 Å². The third-order valence-corrected chi connectivity index (χ3v) is 2.69. The van der Waals surface area contributed by atoms with E-state index in [9.17, 15) is 4.79 Å². The monoisotopic (exact) mass is 244 g/mol. The Labute approximate surface area is 106 Å². The van der Waals surface area contributed by atoms with Crippen LogP contribution in [0.5, 0.6) is 0 Å². The maximum atomic E-state index is 11.2. The zero-order valence-corrected chi connectivity index (χ0v) is 10.3. The predicted octanol–water partition coefficient (Wildman–Crippen LogP) is 1.98. The van der Waals surface area contributed by atoms with Gasteiger partial charge in [0.1, 0.15) is 11.5 Å². The quantitative estimate of drug-likeness (QED) is 0.845. The molecular formula is C14H16N2O2. The summed E-state index contributed by atoms with van der Waals surface area (Å²) in [6.07, 6.45) is 0. The molecule has 4 heteroatoms. The number of hydrogen-bond donors (Lipinski definition) is 2. The molecule has 0 aliphatic carbocycles. The van der Waals surface area contributed by atoms with E-state index >= 15 is 0 Å². The number of amides is 1. The number of nitrogens with two attached hydrogens (primary N) is 1. The topological polar surface area (TPSA) is 68.3 Å². The van der Waals surface area contributed by atoms with Gasteiger partial charge < -0.3 is 15.5 Å². The van der Waals surface area contributed by atoms with E-state index in [1.807, 2.05) is 31.2 Å². The molecule has 4 nitrogen and oxygen atoms in total. The number of nitrogens with one attached hydrogen (secondary N) is 1. The molecule has 0 unspecified atom stereocenters. The molecule has 0 atom stereocenters. The highest BCUT2D eigenvalue weighted by molar-refractivity contribution is 5.94. The van der Waals surface area contributed by atoms with Gasteiger partial charge in [-0.2, -0.15) is 0 Å². The highest BCUT2D eigenvalue weighted by Crippen LogP contribution is 2.09. The van der Waals surface area contributed by atoms with Crippen LogP contribution in [0.2, 0.25) is 0 Å². The zero-order valence-electron chi connectivity index (χ0n) is 10.3. The Kier molecular flexibility index (Phi) is 3.79. The molecule has 0 bridgehead atoms. The van der Waals surface area contributed by atoms with Gasteiger partial charge in [-0.05, 0) is 30.7 Å². The van der Waals surface area contributed by atoms with Gasteiger partial charge in [-0.15, -0.1) is 0 Å². The van der Waals surface area contributed by atoms with Crippen LogP contribution in [-0.4, -0.2) is 5.91 Å². The van der Waals surface area contributed by atoms with E-state index in [2.05, 4.69) is 5.32 Å². The van der Waals surface area contributed by atoms with Gasteiger partial charge in [0.2, 0.25) is 5.91 Å². The first-order valence-electron chi connectivity index (χ1n) is 5.80. The lowest BCUT2D eigenvalue weighted by Crippen LogP contribution is -2.18. The van der Waals surface area contributed by atoms with Gasteiger partial charge in [0.05, 0.1) is 6.54 Å². The summed E-state index contributed by atoms with van der Waals surface area (Å²) in [7, 11) is 0. The van der Waals surface area contributed by atoms with Crippen LogP contribution in [-0.2, 0) is 13.1 Å². The van der Waals surface area contributed by atoms with Crippen LogP contribution < -0.4 is 11.1 Å². The van der Waals surface area contributed by atoms with Crippen molar-refractivity contribution in [1.29, 1.82) is 0 Å². The summed E-state index contributed by atoms with van der Waals surface area (Å²) < 4.78 is 5.44. The Hall–Kier alpha value is -2.07. The van der Waals surface area contributed by atoms with Crippen LogP contribution in [0.1, 0.15) is 27.4 Å². The van der Waals surface area contributed by atoms with Crippen molar-refractivity contribution in [3.63, 3.8) is 0 Å². The average molecular weight is 244 g/mol. The molecule has 1 heterocycles. The molecule has 0 spiro atoms. The zero-order chi connectivity index (χ0) is 13.0. The second kappa shape index (κ2) is 5.51. The third kappa shape index (κ3) is 2.99. The molecule has 2 rings (SSSR count). The van der Waals surface area contributed by atoms with Crippen LogP contribution in [0, 0.1) is 6.92 Å². The predicted molar refractivity (Wildman–Crippen MR) is 68.9 cm³/mol. The number of aryl methyl sites for hydroxylation is 1. The second-order valence-electron chi connectivity index (χ2n) is 4.14. The van der Waals surface area contributed by atoms with Crippen molar-refractivity contribution in [2.75, 3.05) is 0 Å². The van der Waals surface area contributed by atoms with Gasteiger partial charge >= 0.3 is 0 Å². The number of primary amides is 1. The number of hydrogen-bond acceptors (Lipinski definition) is 3. The SMILES string of the molecule is Cc1ccc(CNCc2ccccc2C(N)=O)o1. The maximum Gasteiger partial charge on any atom is 0.249 e. The molecule has 1 aromatic carbocycles. The van der Waals surface area contributed by atoms with Crippen molar-refractivity contribution in [3.05, 3.63) is 59.0 Å². The Bertz CT molecular complexity index is 546.